The third kappa shape index (κ3) is 2.59. The molecule has 100 valence electrons. The SMILES string of the molecule is Cc1ccccc1NC(c1ccccc1)c1ccco1. The fraction of sp³-hybridized carbons (Fsp3) is 0.111. The molecule has 2 heteroatoms. The van der Waals surface area contributed by atoms with Gasteiger partial charge in [0.05, 0.1) is 6.26 Å². The maximum atomic E-state index is 5.60. The van der Waals surface area contributed by atoms with Gasteiger partial charge in [-0.15, -0.1) is 0 Å². The van der Waals surface area contributed by atoms with Crippen molar-refractivity contribution in [3.8, 4) is 0 Å². The summed E-state index contributed by atoms with van der Waals surface area (Å²) in [5, 5.41) is 3.57. The summed E-state index contributed by atoms with van der Waals surface area (Å²) in [7, 11) is 0. The first-order valence-electron chi connectivity index (χ1n) is 6.75. The van der Waals surface area contributed by atoms with Crippen LogP contribution >= 0.6 is 0 Å². The van der Waals surface area contributed by atoms with E-state index in [1.807, 2.05) is 42.5 Å². The van der Waals surface area contributed by atoms with Crippen LogP contribution in [0.5, 0.6) is 0 Å². The second-order valence-electron chi connectivity index (χ2n) is 4.82. The van der Waals surface area contributed by atoms with Gasteiger partial charge in [-0.1, -0.05) is 48.5 Å². The summed E-state index contributed by atoms with van der Waals surface area (Å²) in [6, 6.07) is 22.6. The highest BCUT2D eigenvalue weighted by Gasteiger charge is 2.16. The molecule has 0 aliphatic rings. The van der Waals surface area contributed by atoms with Gasteiger partial charge in [0, 0.05) is 5.69 Å². The van der Waals surface area contributed by atoms with E-state index in [4.69, 9.17) is 4.42 Å². The van der Waals surface area contributed by atoms with E-state index in [1.165, 1.54) is 11.1 Å². The van der Waals surface area contributed by atoms with Crippen LogP contribution in [-0.4, -0.2) is 0 Å². The molecule has 0 saturated carbocycles. The van der Waals surface area contributed by atoms with E-state index in [-0.39, 0.29) is 6.04 Å². The number of benzene rings is 2. The molecule has 1 atom stereocenters. The van der Waals surface area contributed by atoms with Crippen molar-refractivity contribution in [3.63, 3.8) is 0 Å². The Morgan fingerprint density at radius 2 is 1.60 bits per heavy atom. The minimum absolute atomic E-state index is 0.0206. The molecule has 0 saturated heterocycles. The highest BCUT2D eigenvalue weighted by Crippen LogP contribution is 2.28. The average Bonchev–Trinajstić information content (AvgIpc) is 3.01. The van der Waals surface area contributed by atoms with Crippen LogP contribution in [0.3, 0.4) is 0 Å². The fourth-order valence-corrected chi connectivity index (χ4v) is 2.31. The lowest BCUT2D eigenvalue weighted by Crippen LogP contribution is -2.12. The molecule has 1 heterocycles. The van der Waals surface area contributed by atoms with Gasteiger partial charge in [-0.3, -0.25) is 0 Å². The third-order valence-electron chi connectivity index (χ3n) is 3.41. The van der Waals surface area contributed by atoms with Gasteiger partial charge in [0.1, 0.15) is 11.8 Å². The van der Waals surface area contributed by atoms with Crippen molar-refractivity contribution in [3.05, 3.63) is 89.9 Å². The fourth-order valence-electron chi connectivity index (χ4n) is 2.31. The molecule has 1 unspecified atom stereocenters. The van der Waals surface area contributed by atoms with Crippen molar-refractivity contribution in [1.29, 1.82) is 0 Å². The Labute approximate surface area is 119 Å². The van der Waals surface area contributed by atoms with Crippen molar-refractivity contribution in [2.24, 2.45) is 0 Å². The molecule has 2 nitrogen and oxygen atoms in total. The summed E-state index contributed by atoms with van der Waals surface area (Å²) < 4.78 is 5.60. The van der Waals surface area contributed by atoms with E-state index in [2.05, 4.69) is 36.5 Å². The van der Waals surface area contributed by atoms with Crippen molar-refractivity contribution in [1.82, 2.24) is 0 Å². The molecule has 1 aromatic heterocycles. The van der Waals surface area contributed by atoms with Crippen LogP contribution in [0, 0.1) is 6.92 Å². The maximum Gasteiger partial charge on any atom is 0.130 e. The highest BCUT2D eigenvalue weighted by atomic mass is 16.3. The van der Waals surface area contributed by atoms with Crippen LogP contribution in [-0.2, 0) is 0 Å². The Kier molecular flexibility index (Phi) is 3.55. The maximum absolute atomic E-state index is 5.60. The Balaban J connectivity index is 1.97. The minimum Gasteiger partial charge on any atom is -0.467 e. The lowest BCUT2D eigenvalue weighted by Gasteiger charge is -2.19. The number of aryl methyl sites for hydroxylation is 1. The zero-order chi connectivity index (χ0) is 13.8. The number of hydrogen-bond acceptors (Lipinski definition) is 2. The second-order valence-corrected chi connectivity index (χ2v) is 4.82. The number of para-hydroxylation sites is 1. The topological polar surface area (TPSA) is 25.2 Å². The first kappa shape index (κ1) is 12.5. The largest absolute Gasteiger partial charge is 0.467 e. The Bertz CT molecular complexity index is 659. The van der Waals surface area contributed by atoms with Crippen LogP contribution in [0.15, 0.2) is 77.4 Å². The molecular formula is C18H17NO. The van der Waals surface area contributed by atoms with Crippen LogP contribution in [0.4, 0.5) is 5.69 Å². The third-order valence-corrected chi connectivity index (χ3v) is 3.41. The molecule has 20 heavy (non-hydrogen) atoms. The monoisotopic (exact) mass is 263 g/mol. The van der Waals surface area contributed by atoms with E-state index in [0.717, 1.165) is 11.4 Å². The molecule has 0 aliphatic carbocycles. The highest BCUT2D eigenvalue weighted by molar-refractivity contribution is 5.53. The van der Waals surface area contributed by atoms with E-state index in [0.29, 0.717) is 0 Å². The predicted octanol–water partition coefficient (Wildman–Crippen LogP) is 4.79. The molecule has 0 aliphatic heterocycles. The van der Waals surface area contributed by atoms with Crippen LogP contribution in [0.25, 0.3) is 0 Å². The standard InChI is InChI=1S/C18H17NO/c1-14-8-5-6-11-16(14)19-18(17-12-7-13-20-17)15-9-3-2-4-10-15/h2-13,18-19H,1H3. The Hall–Kier alpha value is -2.48. The van der Waals surface area contributed by atoms with Gasteiger partial charge in [-0.25, -0.2) is 0 Å². The molecule has 1 N–H and O–H groups in total. The van der Waals surface area contributed by atoms with Gasteiger partial charge >= 0.3 is 0 Å². The van der Waals surface area contributed by atoms with E-state index >= 15 is 0 Å². The quantitative estimate of drug-likeness (QED) is 0.732. The molecule has 3 rings (SSSR count). The molecule has 0 bridgehead atoms. The molecule has 0 fully saturated rings. The number of anilines is 1. The number of hydrogen-bond donors (Lipinski definition) is 1. The summed E-state index contributed by atoms with van der Waals surface area (Å²) in [6.07, 6.45) is 1.71. The lowest BCUT2D eigenvalue weighted by atomic mass is 10.0. The number of rotatable bonds is 4. The number of nitrogens with one attached hydrogen (secondary N) is 1. The summed E-state index contributed by atoms with van der Waals surface area (Å²) in [5.74, 6) is 0.916. The van der Waals surface area contributed by atoms with Crippen LogP contribution in [0.2, 0.25) is 0 Å². The zero-order valence-corrected chi connectivity index (χ0v) is 11.4. The van der Waals surface area contributed by atoms with E-state index < -0.39 is 0 Å². The van der Waals surface area contributed by atoms with Gasteiger partial charge in [0.25, 0.3) is 0 Å². The molecule has 0 radical (unpaired) electrons. The molecule has 0 spiro atoms. The molecule has 0 amide bonds. The average molecular weight is 263 g/mol. The summed E-state index contributed by atoms with van der Waals surface area (Å²) in [4.78, 5) is 0. The summed E-state index contributed by atoms with van der Waals surface area (Å²) in [6.45, 7) is 2.10. The minimum atomic E-state index is 0.0206. The first-order valence-corrected chi connectivity index (χ1v) is 6.75. The van der Waals surface area contributed by atoms with Gasteiger partial charge in [0.2, 0.25) is 0 Å². The summed E-state index contributed by atoms with van der Waals surface area (Å²) >= 11 is 0. The van der Waals surface area contributed by atoms with Crippen molar-refractivity contribution in [2.75, 3.05) is 5.32 Å². The van der Waals surface area contributed by atoms with Crippen LogP contribution in [0.1, 0.15) is 22.9 Å². The van der Waals surface area contributed by atoms with Gasteiger partial charge in [0.15, 0.2) is 0 Å². The van der Waals surface area contributed by atoms with E-state index in [1.54, 1.807) is 6.26 Å². The molecular weight excluding hydrogens is 246 g/mol. The van der Waals surface area contributed by atoms with Crippen molar-refractivity contribution >= 4 is 5.69 Å². The van der Waals surface area contributed by atoms with Gasteiger partial charge in [-0.05, 0) is 36.2 Å². The van der Waals surface area contributed by atoms with Crippen molar-refractivity contribution < 1.29 is 4.42 Å². The van der Waals surface area contributed by atoms with E-state index in [9.17, 15) is 0 Å². The summed E-state index contributed by atoms with van der Waals surface area (Å²) in [5.41, 5.74) is 3.53. The van der Waals surface area contributed by atoms with Crippen molar-refractivity contribution in [2.45, 2.75) is 13.0 Å². The Morgan fingerprint density at radius 1 is 0.850 bits per heavy atom. The molecule has 2 aromatic carbocycles. The predicted molar refractivity (Wildman–Crippen MR) is 81.8 cm³/mol. The number of furan rings is 1. The van der Waals surface area contributed by atoms with Crippen LogP contribution < -0.4 is 5.32 Å². The first-order chi connectivity index (χ1) is 9.84. The zero-order valence-electron chi connectivity index (χ0n) is 11.4. The normalized spacial score (nSPS) is 12.1. The smallest absolute Gasteiger partial charge is 0.130 e. The lowest BCUT2D eigenvalue weighted by molar-refractivity contribution is 0.499. The van der Waals surface area contributed by atoms with Gasteiger partial charge < -0.3 is 9.73 Å². The second kappa shape index (κ2) is 5.66. The Morgan fingerprint density at radius 3 is 2.30 bits per heavy atom. The van der Waals surface area contributed by atoms with Gasteiger partial charge in [-0.2, -0.15) is 0 Å². The molecule has 3 aromatic rings.